The van der Waals surface area contributed by atoms with E-state index in [1.165, 1.54) is 4.90 Å². The molecular weight excluding hydrogens is 230 g/mol. The summed E-state index contributed by atoms with van der Waals surface area (Å²) in [5, 5.41) is 3.25. The monoisotopic (exact) mass is 255 g/mol. The molecule has 0 bridgehead atoms. The predicted octanol–water partition coefficient (Wildman–Crippen LogP) is 0.311. The van der Waals surface area contributed by atoms with E-state index in [0.29, 0.717) is 12.5 Å². The molecule has 1 heterocycles. The lowest BCUT2D eigenvalue weighted by Gasteiger charge is -2.32. The summed E-state index contributed by atoms with van der Waals surface area (Å²) in [5.74, 6) is 0.594. The minimum atomic E-state index is -0.122. The van der Waals surface area contributed by atoms with Gasteiger partial charge in [-0.3, -0.25) is 9.59 Å². The van der Waals surface area contributed by atoms with E-state index in [1.807, 2.05) is 6.92 Å². The molecule has 2 amide bonds. The van der Waals surface area contributed by atoms with Crippen molar-refractivity contribution >= 4 is 11.8 Å². The number of piperidine rings is 1. The number of hydrogen-bond donors (Lipinski definition) is 1. The maximum absolute atomic E-state index is 12.3. The van der Waals surface area contributed by atoms with Crippen molar-refractivity contribution in [3.05, 3.63) is 0 Å². The molecule has 0 aromatic carbocycles. The molecule has 0 aromatic heterocycles. The van der Waals surface area contributed by atoms with Crippen LogP contribution in [-0.4, -0.2) is 61.4 Å². The van der Waals surface area contributed by atoms with Crippen molar-refractivity contribution in [3.63, 3.8) is 0 Å². The number of carbonyl (C=O) groups is 2. The molecule has 5 heteroatoms. The predicted molar refractivity (Wildman–Crippen MR) is 71.1 cm³/mol. The quantitative estimate of drug-likeness (QED) is 0.786. The Kier molecular flexibility index (Phi) is 5.59. The first-order valence-corrected chi connectivity index (χ1v) is 6.68. The van der Waals surface area contributed by atoms with Gasteiger partial charge in [0.2, 0.25) is 11.8 Å². The van der Waals surface area contributed by atoms with Crippen molar-refractivity contribution in [1.29, 1.82) is 0 Å². The highest BCUT2D eigenvalue weighted by Crippen LogP contribution is 2.16. The summed E-state index contributed by atoms with van der Waals surface area (Å²) in [6, 6.07) is -0.122. The third-order valence-electron chi connectivity index (χ3n) is 3.48. The minimum absolute atomic E-state index is 0.0333. The first kappa shape index (κ1) is 15.0. The standard InChI is InChI=1S/C13H25N3O2/c1-5-16(9-12(17)15(3)4)13(18)11-8-10(2)6-7-14-11/h10-11,14H,5-9H2,1-4H3. The van der Waals surface area contributed by atoms with Crippen LogP contribution in [-0.2, 0) is 9.59 Å². The smallest absolute Gasteiger partial charge is 0.241 e. The van der Waals surface area contributed by atoms with Crippen molar-refractivity contribution in [2.75, 3.05) is 33.7 Å². The van der Waals surface area contributed by atoms with Crippen molar-refractivity contribution in [3.8, 4) is 0 Å². The van der Waals surface area contributed by atoms with Gasteiger partial charge in [0.25, 0.3) is 0 Å². The summed E-state index contributed by atoms with van der Waals surface area (Å²) in [5.41, 5.74) is 0. The summed E-state index contributed by atoms with van der Waals surface area (Å²) in [7, 11) is 3.42. The maximum Gasteiger partial charge on any atom is 0.241 e. The molecule has 0 spiro atoms. The number of likely N-dealkylation sites (N-methyl/N-ethyl adjacent to an activating group) is 2. The second-order valence-electron chi connectivity index (χ2n) is 5.28. The van der Waals surface area contributed by atoms with E-state index in [1.54, 1.807) is 19.0 Å². The van der Waals surface area contributed by atoms with Crippen molar-refractivity contribution in [1.82, 2.24) is 15.1 Å². The van der Waals surface area contributed by atoms with Crippen LogP contribution in [0.3, 0.4) is 0 Å². The Hall–Kier alpha value is -1.10. The zero-order chi connectivity index (χ0) is 13.7. The number of nitrogens with one attached hydrogen (secondary N) is 1. The van der Waals surface area contributed by atoms with Crippen molar-refractivity contribution < 1.29 is 9.59 Å². The van der Waals surface area contributed by atoms with Gasteiger partial charge in [-0.25, -0.2) is 0 Å². The highest BCUT2D eigenvalue weighted by atomic mass is 16.2. The number of amides is 2. The number of hydrogen-bond acceptors (Lipinski definition) is 3. The minimum Gasteiger partial charge on any atom is -0.347 e. The molecule has 0 saturated carbocycles. The zero-order valence-corrected chi connectivity index (χ0v) is 11.9. The SMILES string of the molecule is CCN(CC(=O)N(C)C)C(=O)C1CC(C)CCN1. The van der Waals surface area contributed by atoms with E-state index in [-0.39, 0.29) is 24.4 Å². The van der Waals surface area contributed by atoms with Crippen LogP contribution < -0.4 is 5.32 Å². The van der Waals surface area contributed by atoms with Gasteiger partial charge in [0.05, 0.1) is 12.6 Å². The third-order valence-corrected chi connectivity index (χ3v) is 3.48. The van der Waals surface area contributed by atoms with Crippen LogP contribution in [0.5, 0.6) is 0 Å². The van der Waals surface area contributed by atoms with Crippen molar-refractivity contribution in [2.45, 2.75) is 32.7 Å². The molecule has 1 aliphatic rings. The molecule has 1 aliphatic heterocycles. The molecule has 18 heavy (non-hydrogen) atoms. The van der Waals surface area contributed by atoms with Crippen molar-refractivity contribution in [2.24, 2.45) is 5.92 Å². The second-order valence-corrected chi connectivity index (χ2v) is 5.28. The Bertz CT molecular complexity index is 305. The molecule has 2 atom stereocenters. The van der Waals surface area contributed by atoms with Crippen LogP contribution in [0.15, 0.2) is 0 Å². The normalized spacial score (nSPS) is 23.6. The van der Waals surface area contributed by atoms with E-state index in [9.17, 15) is 9.59 Å². The molecule has 1 saturated heterocycles. The van der Waals surface area contributed by atoms with E-state index >= 15 is 0 Å². The molecule has 0 radical (unpaired) electrons. The van der Waals surface area contributed by atoms with Crippen LogP contribution in [0, 0.1) is 5.92 Å². The van der Waals surface area contributed by atoms with E-state index in [0.717, 1.165) is 19.4 Å². The van der Waals surface area contributed by atoms with Gasteiger partial charge in [0.15, 0.2) is 0 Å². The van der Waals surface area contributed by atoms with E-state index in [4.69, 9.17) is 0 Å². The molecule has 2 unspecified atom stereocenters. The summed E-state index contributed by atoms with van der Waals surface area (Å²) in [6.07, 6.45) is 1.98. The Labute approximate surface area is 110 Å². The topological polar surface area (TPSA) is 52.7 Å². The Morgan fingerprint density at radius 1 is 1.33 bits per heavy atom. The number of rotatable bonds is 4. The molecule has 1 fully saturated rings. The first-order chi connectivity index (χ1) is 8.45. The van der Waals surface area contributed by atoms with Crippen LogP contribution in [0.4, 0.5) is 0 Å². The zero-order valence-electron chi connectivity index (χ0n) is 11.9. The van der Waals surface area contributed by atoms with Crippen LogP contribution in [0.1, 0.15) is 26.7 Å². The van der Waals surface area contributed by atoms with Crippen LogP contribution >= 0.6 is 0 Å². The van der Waals surface area contributed by atoms with Gasteiger partial charge in [0, 0.05) is 20.6 Å². The lowest BCUT2D eigenvalue weighted by Crippen LogP contribution is -2.52. The average Bonchev–Trinajstić information content (AvgIpc) is 2.34. The Morgan fingerprint density at radius 2 is 2.00 bits per heavy atom. The highest BCUT2D eigenvalue weighted by molar-refractivity contribution is 5.87. The van der Waals surface area contributed by atoms with Gasteiger partial charge in [-0.1, -0.05) is 6.92 Å². The summed E-state index contributed by atoms with van der Waals surface area (Å²) < 4.78 is 0. The fourth-order valence-corrected chi connectivity index (χ4v) is 2.17. The maximum atomic E-state index is 12.3. The van der Waals surface area contributed by atoms with Gasteiger partial charge >= 0.3 is 0 Å². The first-order valence-electron chi connectivity index (χ1n) is 6.68. The molecule has 1 N–H and O–H groups in total. The molecule has 5 nitrogen and oxygen atoms in total. The highest BCUT2D eigenvalue weighted by Gasteiger charge is 2.28. The Morgan fingerprint density at radius 3 is 2.50 bits per heavy atom. The molecule has 0 aromatic rings. The molecule has 104 valence electrons. The van der Waals surface area contributed by atoms with E-state index < -0.39 is 0 Å². The van der Waals surface area contributed by atoms with E-state index in [2.05, 4.69) is 12.2 Å². The lowest BCUT2D eigenvalue weighted by atomic mass is 9.93. The van der Waals surface area contributed by atoms with Gasteiger partial charge in [-0.05, 0) is 32.2 Å². The average molecular weight is 255 g/mol. The molecule has 0 aliphatic carbocycles. The van der Waals surface area contributed by atoms with Gasteiger partial charge < -0.3 is 15.1 Å². The number of carbonyl (C=O) groups excluding carboxylic acids is 2. The summed E-state index contributed by atoms with van der Waals surface area (Å²) in [6.45, 7) is 5.71. The number of nitrogens with zero attached hydrogens (tertiary/aromatic N) is 2. The summed E-state index contributed by atoms with van der Waals surface area (Å²) >= 11 is 0. The summed E-state index contributed by atoms with van der Waals surface area (Å²) in [4.78, 5) is 27.2. The largest absolute Gasteiger partial charge is 0.347 e. The third kappa shape index (κ3) is 3.98. The second kappa shape index (κ2) is 6.73. The fourth-order valence-electron chi connectivity index (χ4n) is 2.17. The van der Waals surface area contributed by atoms with Gasteiger partial charge in [0.1, 0.15) is 0 Å². The van der Waals surface area contributed by atoms with Gasteiger partial charge in [-0.2, -0.15) is 0 Å². The fraction of sp³-hybridized carbons (Fsp3) is 0.846. The molecule has 1 rings (SSSR count). The van der Waals surface area contributed by atoms with Gasteiger partial charge in [-0.15, -0.1) is 0 Å². The Balaban J connectivity index is 2.58. The van der Waals surface area contributed by atoms with Crippen LogP contribution in [0.2, 0.25) is 0 Å². The lowest BCUT2D eigenvalue weighted by molar-refractivity contribution is -0.140. The van der Waals surface area contributed by atoms with Crippen LogP contribution in [0.25, 0.3) is 0 Å². The molecular formula is C13H25N3O2.